The number of aromatic nitrogens is 4. The molecular formula is C39H52F3N9O5. The number of urea groups is 1. The van der Waals surface area contributed by atoms with E-state index in [9.17, 15) is 32.3 Å². The van der Waals surface area contributed by atoms with E-state index >= 15 is 0 Å². The number of alkyl halides is 3. The number of amides is 5. The highest BCUT2D eigenvalue weighted by Crippen LogP contribution is 2.42. The molecule has 4 heterocycles. The fraction of sp³-hybridized carbons (Fsp3) is 0.590. The van der Waals surface area contributed by atoms with Gasteiger partial charge in [-0.25, -0.2) is 19.6 Å². The summed E-state index contributed by atoms with van der Waals surface area (Å²) in [6.07, 6.45) is 2.91. The minimum absolute atomic E-state index is 0.0789. The van der Waals surface area contributed by atoms with Crippen molar-refractivity contribution in [3.8, 4) is 11.3 Å². The Balaban J connectivity index is 1.04. The van der Waals surface area contributed by atoms with Gasteiger partial charge < -0.3 is 40.5 Å². The number of aromatic amines is 2. The average Bonchev–Trinajstić information content (AvgIpc) is 4.02. The monoisotopic (exact) mass is 783 g/mol. The number of likely N-dealkylation sites (tertiary alicyclic amines) is 2. The Labute approximate surface area is 324 Å². The predicted molar refractivity (Wildman–Crippen MR) is 200 cm³/mol. The number of hydrogen-bond donors (Lipinski definition) is 5. The lowest BCUT2D eigenvalue weighted by Gasteiger charge is -2.30. The van der Waals surface area contributed by atoms with Crippen molar-refractivity contribution in [2.75, 3.05) is 27.2 Å². The summed E-state index contributed by atoms with van der Waals surface area (Å²) in [5.74, 6) is 0.877. The van der Waals surface area contributed by atoms with Crippen molar-refractivity contribution < 1.29 is 37.1 Å². The molecule has 5 N–H and O–H groups in total. The van der Waals surface area contributed by atoms with E-state index in [2.05, 4.69) is 64.9 Å². The van der Waals surface area contributed by atoms with Gasteiger partial charge in [0.15, 0.2) is 0 Å². The molecule has 1 aliphatic carbocycles. The maximum absolute atomic E-state index is 13.5. The molecule has 4 atom stereocenters. The summed E-state index contributed by atoms with van der Waals surface area (Å²) < 4.78 is 44.4. The summed E-state index contributed by atoms with van der Waals surface area (Å²) in [4.78, 5) is 69.9. The smallest absolute Gasteiger partial charge is 0.407 e. The zero-order chi connectivity index (χ0) is 40.1. The van der Waals surface area contributed by atoms with Gasteiger partial charge in [0.2, 0.25) is 11.8 Å². The van der Waals surface area contributed by atoms with Gasteiger partial charge in [-0.3, -0.25) is 9.59 Å². The zero-order valence-corrected chi connectivity index (χ0v) is 32.2. The number of rotatable bonds is 11. The third-order valence-electron chi connectivity index (χ3n) is 11.4. The van der Waals surface area contributed by atoms with E-state index in [4.69, 9.17) is 0 Å². The number of benzene rings is 1. The normalized spacial score (nSPS) is 22.5. The molecule has 6 rings (SSSR count). The molecule has 3 aliphatic rings. The predicted octanol–water partition coefficient (Wildman–Crippen LogP) is 6.20. The first-order valence-electron chi connectivity index (χ1n) is 19.5. The van der Waals surface area contributed by atoms with Crippen molar-refractivity contribution >= 4 is 23.9 Å². The molecule has 17 heteroatoms. The highest BCUT2D eigenvalue weighted by molar-refractivity contribution is 5.88. The number of halogens is 3. The Morgan fingerprint density at radius 1 is 0.839 bits per heavy atom. The first-order valence-corrected chi connectivity index (χ1v) is 19.5. The molecule has 56 heavy (non-hydrogen) atoms. The van der Waals surface area contributed by atoms with Gasteiger partial charge in [-0.2, -0.15) is 13.2 Å². The number of alkyl carbamates (subject to hydrolysis) is 1. The summed E-state index contributed by atoms with van der Waals surface area (Å²) in [5, 5.41) is 7.38. The van der Waals surface area contributed by atoms with Gasteiger partial charge in [-0.1, -0.05) is 38.1 Å². The fourth-order valence-corrected chi connectivity index (χ4v) is 8.42. The molecule has 0 bridgehead atoms. The SMILES string of the molecule is CNC(=O)N[C@H](C(=O)N1CCC[C@H]1c1ncc(-c2ccc([C@H]3CC[C@H](c4cnc([C@@H]5CCCN5C(=O)[C@@H](CC(F)(F)F)NC(=O)OC)[nH]4)CC3)cc2)[nH]1)C(C)C. The Morgan fingerprint density at radius 2 is 1.43 bits per heavy atom. The maximum Gasteiger partial charge on any atom is 0.407 e. The highest BCUT2D eigenvalue weighted by atomic mass is 19.4. The zero-order valence-electron chi connectivity index (χ0n) is 32.2. The third kappa shape index (κ3) is 9.29. The van der Waals surface area contributed by atoms with Crippen LogP contribution in [0, 0.1) is 5.92 Å². The number of nitrogens with one attached hydrogen (secondary N) is 5. The quantitative estimate of drug-likeness (QED) is 0.154. The van der Waals surface area contributed by atoms with Crippen LogP contribution < -0.4 is 16.0 Å². The van der Waals surface area contributed by atoms with Crippen molar-refractivity contribution in [3.63, 3.8) is 0 Å². The van der Waals surface area contributed by atoms with Crippen LogP contribution in [-0.4, -0.2) is 99.2 Å². The number of carbonyl (C=O) groups excluding carboxylic acids is 4. The van der Waals surface area contributed by atoms with E-state index in [1.54, 1.807) is 12.4 Å². The Kier molecular flexibility index (Phi) is 12.6. The fourth-order valence-electron chi connectivity index (χ4n) is 8.42. The van der Waals surface area contributed by atoms with E-state index < -0.39 is 42.7 Å². The summed E-state index contributed by atoms with van der Waals surface area (Å²) in [6, 6.07) is 4.97. The average molecular weight is 784 g/mol. The number of methoxy groups -OCH3 is 1. The molecule has 2 aromatic heterocycles. The molecule has 14 nitrogen and oxygen atoms in total. The lowest BCUT2D eigenvalue weighted by Crippen LogP contribution is -2.53. The molecule has 0 unspecified atom stereocenters. The van der Waals surface area contributed by atoms with Crippen LogP contribution in [0.25, 0.3) is 11.3 Å². The molecule has 1 aromatic carbocycles. The summed E-state index contributed by atoms with van der Waals surface area (Å²) in [6.45, 7) is 4.69. The molecular weight excluding hydrogens is 731 g/mol. The molecule has 2 saturated heterocycles. The minimum Gasteiger partial charge on any atom is -0.453 e. The topological polar surface area (TPSA) is 177 Å². The molecule has 5 amide bonds. The second kappa shape index (κ2) is 17.4. The standard InChI is InChI=1S/C39H52F3N9O5/c1-22(2)32(49-37(54)43-3)36(53)51-18-6-8-31(51)34-45-21-29(47-34)26-15-11-24(12-16-26)23-9-13-25(14-10-23)28-20-44-33(46-28)30-7-5-17-50(30)35(52)27(19-39(40,41)42)48-38(55)56-4/h11-12,15-16,20-23,25,27,30-32H,5-10,13-14,17-19H2,1-4H3,(H,44,46)(H,45,47)(H,48,55)(H2,43,49,54)/t23-,25-,27-,30+,31+,32+/m1/s1. The maximum atomic E-state index is 13.5. The third-order valence-corrected chi connectivity index (χ3v) is 11.4. The summed E-state index contributed by atoms with van der Waals surface area (Å²) in [7, 11) is 2.56. The molecule has 1 saturated carbocycles. The number of imidazole rings is 2. The Hall–Kier alpha value is -5.09. The lowest BCUT2D eigenvalue weighted by molar-refractivity contribution is -0.154. The number of hydrogen-bond acceptors (Lipinski definition) is 7. The summed E-state index contributed by atoms with van der Waals surface area (Å²) in [5.41, 5.74) is 4.06. The molecule has 3 fully saturated rings. The van der Waals surface area contributed by atoms with E-state index in [0.29, 0.717) is 31.1 Å². The van der Waals surface area contributed by atoms with Crippen LogP contribution in [0.4, 0.5) is 22.8 Å². The first kappa shape index (κ1) is 40.6. The van der Waals surface area contributed by atoms with Crippen LogP contribution in [0.2, 0.25) is 0 Å². The van der Waals surface area contributed by atoms with Gasteiger partial charge in [-0.15, -0.1) is 0 Å². The number of carbonyl (C=O) groups is 4. The van der Waals surface area contributed by atoms with Gasteiger partial charge in [-0.05, 0) is 74.3 Å². The van der Waals surface area contributed by atoms with Crippen molar-refractivity contribution in [2.45, 2.75) is 114 Å². The van der Waals surface area contributed by atoms with E-state index in [-0.39, 0.29) is 36.4 Å². The van der Waals surface area contributed by atoms with Gasteiger partial charge in [0.05, 0.1) is 37.5 Å². The minimum atomic E-state index is -4.66. The largest absolute Gasteiger partial charge is 0.453 e. The lowest BCUT2D eigenvalue weighted by atomic mass is 9.77. The molecule has 0 radical (unpaired) electrons. The number of ether oxygens (including phenoxy) is 1. The van der Waals surface area contributed by atoms with Crippen LogP contribution in [0.15, 0.2) is 36.7 Å². The van der Waals surface area contributed by atoms with E-state index in [0.717, 1.165) is 68.4 Å². The van der Waals surface area contributed by atoms with Crippen molar-refractivity contribution in [2.24, 2.45) is 5.92 Å². The van der Waals surface area contributed by atoms with Gasteiger partial charge in [0.1, 0.15) is 23.7 Å². The van der Waals surface area contributed by atoms with Crippen molar-refractivity contribution in [3.05, 3.63) is 59.6 Å². The van der Waals surface area contributed by atoms with Crippen LogP contribution in [-0.2, 0) is 14.3 Å². The number of H-pyrrole nitrogens is 2. The molecule has 2 aliphatic heterocycles. The van der Waals surface area contributed by atoms with Gasteiger partial charge in [0.25, 0.3) is 0 Å². The molecule has 0 spiro atoms. The first-order chi connectivity index (χ1) is 26.8. The van der Waals surface area contributed by atoms with E-state index in [1.165, 1.54) is 17.5 Å². The Bertz CT molecular complexity index is 1840. The van der Waals surface area contributed by atoms with Crippen LogP contribution in [0.5, 0.6) is 0 Å². The molecule has 304 valence electrons. The second-order valence-corrected chi connectivity index (χ2v) is 15.4. The van der Waals surface area contributed by atoms with Crippen LogP contribution in [0.3, 0.4) is 0 Å². The van der Waals surface area contributed by atoms with Crippen molar-refractivity contribution in [1.82, 2.24) is 45.7 Å². The summed E-state index contributed by atoms with van der Waals surface area (Å²) >= 11 is 0. The highest BCUT2D eigenvalue weighted by Gasteiger charge is 2.42. The number of nitrogens with zero attached hydrogens (tertiary/aromatic N) is 4. The van der Waals surface area contributed by atoms with Gasteiger partial charge in [0, 0.05) is 37.9 Å². The second-order valence-electron chi connectivity index (χ2n) is 15.4. The van der Waals surface area contributed by atoms with Crippen LogP contribution >= 0.6 is 0 Å². The van der Waals surface area contributed by atoms with Gasteiger partial charge >= 0.3 is 18.3 Å². The van der Waals surface area contributed by atoms with Crippen LogP contribution in [0.1, 0.15) is 118 Å². The van der Waals surface area contributed by atoms with E-state index in [1.807, 2.05) is 18.7 Å². The Morgan fingerprint density at radius 3 is 2.02 bits per heavy atom. The van der Waals surface area contributed by atoms with Crippen molar-refractivity contribution in [1.29, 1.82) is 0 Å². The molecule has 3 aromatic rings.